The molecular formula is C23H29NO7S. The molecule has 0 aliphatic heterocycles. The molecule has 2 rings (SSSR count). The number of aryl methyl sites for hydroxylation is 1. The van der Waals surface area contributed by atoms with E-state index >= 15 is 0 Å². The molecule has 1 unspecified atom stereocenters. The van der Waals surface area contributed by atoms with Gasteiger partial charge in [-0.3, -0.25) is 4.79 Å². The molecule has 0 aliphatic rings. The van der Waals surface area contributed by atoms with E-state index in [0.29, 0.717) is 5.56 Å². The molecule has 2 aromatic rings. The molecule has 0 aliphatic carbocycles. The van der Waals surface area contributed by atoms with Crippen molar-refractivity contribution >= 4 is 22.2 Å². The highest BCUT2D eigenvalue weighted by Crippen LogP contribution is 2.24. The number of ether oxygens (including phenoxy) is 2. The van der Waals surface area contributed by atoms with Crippen LogP contribution < -0.4 is 9.50 Å². The average Bonchev–Trinajstić information content (AvgIpc) is 2.68. The largest absolute Gasteiger partial charge is 0.465 e. The summed E-state index contributed by atoms with van der Waals surface area (Å²) in [5.74, 6) is -1.23. The van der Waals surface area contributed by atoms with Gasteiger partial charge in [0.05, 0.1) is 12.5 Å². The molecule has 0 heterocycles. The van der Waals surface area contributed by atoms with Crippen molar-refractivity contribution in [1.29, 1.82) is 0 Å². The molecular weight excluding hydrogens is 434 g/mol. The smallest absolute Gasteiger partial charge is 0.407 e. The number of hydrogen-bond donors (Lipinski definition) is 1. The van der Waals surface area contributed by atoms with Gasteiger partial charge in [0.25, 0.3) is 0 Å². The zero-order chi connectivity index (χ0) is 23.9. The highest BCUT2D eigenvalue weighted by molar-refractivity contribution is 7.87. The average molecular weight is 464 g/mol. The molecule has 0 saturated heterocycles. The Balaban J connectivity index is 2.15. The molecule has 1 amide bonds. The van der Waals surface area contributed by atoms with E-state index in [1.807, 2.05) is 6.92 Å². The monoisotopic (exact) mass is 463 g/mol. The molecule has 174 valence electrons. The maximum absolute atomic E-state index is 12.5. The quantitative estimate of drug-likeness (QED) is 0.467. The first kappa shape index (κ1) is 25.2. The summed E-state index contributed by atoms with van der Waals surface area (Å²) in [7, 11) is -3.99. The Hall–Kier alpha value is -3.07. The first-order chi connectivity index (χ1) is 14.9. The first-order valence-electron chi connectivity index (χ1n) is 10.2. The fourth-order valence-electron chi connectivity index (χ4n) is 2.72. The number of carbonyl (C=O) groups is 2. The van der Waals surface area contributed by atoms with E-state index in [9.17, 15) is 18.0 Å². The van der Waals surface area contributed by atoms with Crippen molar-refractivity contribution < 1.29 is 31.7 Å². The van der Waals surface area contributed by atoms with Gasteiger partial charge in [-0.15, -0.1) is 0 Å². The van der Waals surface area contributed by atoms with Crippen LogP contribution in [-0.4, -0.2) is 39.2 Å². The van der Waals surface area contributed by atoms with Gasteiger partial charge in [-0.1, -0.05) is 29.8 Å². The van der Waals surface area contributed by atoms with Gasteiger partial charge >= 0.3 is 22.2 Å². The number of alkyl carbamates (subject to hydrolysis) is 1. The van der Waals surface area contributed by atoms with E-state index in [-0.39, 0.29) is 23.8 Å². The van der Waals surface area contributed by atoms with E-state index in [1.165, 1.54) is 24.3 Å². The lowest BCUT2D eigenvalue weighted by Gasteiger charge is -2.21. The Morgan fingerprint density at radius 1 is 1.00 bits per heavy atom. The molecule has 1 N–H and O–H groups in total. The van der Waals surface area contributed by atoms with Crippen molar-refractivity contribution in [3.8, 4) is 5.75 Å². The molecule has 0 aromatic heterocycles. The molecule has 0 radical (unpaired) electrons. The fraction of sp³-hybridized carbons (Fsp3) is 0.391. The topological polar surface area (TPSA) is 108 Å². The van der Waals surface area contributed by atoms with Crippen molar-refractivity contribution in [2.75, 3.05) is 13.2 Å². The van der Waals surface area contributed by atoms with Crippen LogP contribution in [0.2, 0.25) is 0 Å². The van der Waals surface area contributed by atoms with Gasteiger partial charge in [-0.25, -0.2) is 4.79 Å². The van der Waals surface area contributed by atoms with Crippen LogP contribution in [0.1, 0.15) is 44.7 Å². The van der Waals surface area contributed by atoms with Gasteiger partial charge < -0.3 is 19.0 Å². The summed E-state index contributed by atoms with van der Waals surface area (Å²) >= 11 is 0. The summed E-state index contributed by atoms with van der Waals surface area (Å²) in [4.78, 5) is 24.4. The fourth-order valence-corrected chi connectivity index (χ4v) is 3.65. The zero-order valence-corrected chi connectivity index (χ0v) is 19.7. The second-order valence-corrected chi connectivity index (χ2v) is 9.65. The van der Waals surface area contributed by atoms with Crippen LogP contribution in [-0.2, 0) is 24.4 Å². The summed E-state index contributed by atoms with van der Waals surface area (Å²) in [6.07, 6.45) is -0.657. The summed E-state index contributed by atoms with van der Waals surface area (Å²) in [6.45, 7) is 8.88. The highest BCUT2D eigenvalue weighted by Gasteiger charge is 2.25. The van der Waals surface area contributed by atoms with Crippen LogP contribution in [0.15, 0.2) is 53.4 Å². The van der Waals surface area contributed by atoms with Crippen molar-refractivity contribution in [3.63, 3.8) is 0 Å². The van der Waals surface area contributed by atoms with Crippen molar-refractivity contribution in [2.24, 2.45) is 0 Å². The Bertz CT molecular complexity index is 1020. The maximum Gasteiger partial charge on any atom is 0.407 e. The highest BCUT2D eigenvalue weighted by atomic mass is 32.2. The Labute approximate surface area is 189 Å². The van der Waals surface area contributed by atoms with Crippen molar-refractivity contribution in [2.45, 2.75) is 51.0 Å². The minimum atomic E-state index is -3.99. The van der Waals surface area contributed by atoms with Crippen molar-refractivity contribution in [1.82, 2.24) is 5.32 Å². The SMILES string of the molecule is CCOC(=O)C(CNC(=O)OC(C)(C)C)c1ccc(OS(=O)(=O)c2ccc(C)cc2)cc1. The second-order valence-electron chi connectivity index (χ2n) is 8.11. The lowest BCUT2D eigenvalue weighted by molar-refractivity contribution is -0.144. The van der Waals surface area contributed by atoms with Gasteiger partial charge in [0.1, 0.15) is 16.2 Å². The van der Waals surface area contributed by atoms with E-state index in [0.717, 1.165) is 5.56 Å². The van der Waals surface area contributed by atoms with Crippen molar-refractivity contribution in [3.05, 3.63) is 59.7 Å². The number of esters is 1. The summed E-state index contributed by atoms with van der Waals surface area (Å²) in [6, 6.07) is 12.3. The molecule has 0 saturated carbocycles. The summed E-state index contributed by atoms with van der Waals surface area (Å²) in [5, 5.41) is 2.57. The van der Waals surface area contributed by atoms with E-state index in [2.05, 4.69) is 5.32 Å². The standard InChI is InChI=1S/C23H29NO7S/c1-6-29-21(25)20(15-24-22(26)30-23(3,4)5)17-9-11-18(12-10-17)31-32(27,28)19-13-7-16(2)8-14-19/h7-14,20H,6,15H2,1-5H3,(H,24,26). The molecule has 1 atom stereocenters. The van der Waals surface area contributed by atoms with E-state index in [1.54, 1.807) is 52.0 Å². The van der Waals surface area contributed by atoms with Crippen LogP contribution in [0.4, 0.5) is 4.79 Å². The third-order valence-corrected chi connectivity index (χ3v) is 5.48. The number of nitrogens with one attached hydrogen (secondary N) is 1. The van der Waals surface area contributed by atoms with Crippen LogP contribution in [0.3, 0.4) is 0 Å². The number of carbonyl (C=O) groups excluding carboxylic acids is 2. The lowest BCUT2D eigenvalue weighted by Crippen LogP contribution is -2.36. The first-order valence-corrected chi connectivity index (χ1v) is 11.6. The predicted molar refractivity (Wildman–Crippen MR) is 119 cm³/mol. The number of hydrogen-bond acceptors (Lipinski definition) is 7. The third-order valence-electron chi connectivity index (χ3n) is 4.22. The predicted octanol–water partition coefficient (Wildman–Crippen LogP) is 3.93. The molecule has 2 aromatic carbocycles. The molecule has 0 fully saturated rings. The van der Waals surface area contributed by atoms with Crippen LogP contribution in [0.5, 0.6) is 5.75 Å². The molecule has 0 bridgehead atoms. The number of benzene rings is 2. The Morgan fingerprint density at radius 3 is 2.12 bits per heavy atom. The van der Waals surface area contributed by atoms with Crippen LogP contribution in [0.25, 0.3) is 0 Å². The lowest BCUT2D eigenvalue weighted by atomic mass is 9.99. The van der Waals surface area contributed by atoms with Gasteiger partial charge in [0.15, 0.2) is 0 Å². The van der Waals surface area contributed by atoms with Gasteiger partial charge in [-0.05, 0) is 64.4 Å². The molecule has 0 spiro atoms. The van der Waals surface area contributed by atoms with E-state index in [4.69, 9.17) is 13.7 Å². The maximum atomic E-state index is 12.5. The molecule has 8 nitrogen and oxygen atoms in total. The summed E-state index contributed by atoms with van der Waals surface area (Å²) in [5.41, 5.74) is 0.781. The van der Waals surface area contributed by atoms with Gasteiger partial charge in [-0.2, -0.15) is 8.42 Å². The van der Waals surface area contributed by atoms with Crippen LogP contribution in [0, 0.1) is 6.92 Å². The number of amides is 1. The molecule has 32 heavy (non-hydrogen) atoms. The van der Waals surface area contributed by atoms with E-state index < -0.39 is 33.7 Å². The Morgan fingerprint density at radius 2 is 1.59 bits per heavy atom. The minimum absolute atomic E-state index is 0.0399. The normalized spacial score (nSPS) is 12.5. The van der Waals surface area contributed by atoms with Gasteiger partial charge in [0, 0.05) is 6.54 Å². The molecule has 9 heteroatoms. The zero-order valence-electron chi connectivity index (χ0n) is 18.9. The second kappa shape index (κ2) is 10.5. The van der Waals surface area contributed by atoms with Gasteiger partial charge in [0.2, 0.25) is 0 Å². The Kier molecular flexibility index (Phi) is 8.26. The third kappa shape index (κ3) is 7.56. The summed E-state index contributed by atoms with van der Waals surface area (Å²) < 4.78 is 40.4. The number of rotatable bonds is 8. The van der Waals surface area contributed by atoms with Crippen LogP contribution >= 0.6 is 0 Å². The minimum Gasteiger partial charge on any atom is -0.465 e.